The summed E-state index contributed by atoms with van der Waals surface area (Å²) in [4.78, 5) is 0. The highest BCUT2D eigenvalue weighted by molar-refractivity contribution is 5.13. The third kappa shape index (κ3) is 4.62. The van der Waals surface area contributed by atoms with E-state index in [1.165, 1.54) is 5.56 Å². The first-order valence-corrected chi connectivity index (χ1v) is 4.36. The summed E-state index contributed by atoms with van der Waals surface area (Å²) >= 11 is 0. The van der Waals surface area contributed by atoms with Gasteiger partial charge in [-0.15, -0.1) is 0 Å². The summed E-state index contributed by atoms with van der Waals surface area (Å²) in [7, 11) is 1.83. The molecule has 0 fully saturated rings. The van der Waals surface area contributed by atoms with Crippen molar-refractivity contribution in [3.63, 3.8) is 0 Å². The number of nitrogens with zero attached hydrogens (tertiary/aromatic N) is 1. The molecule has 72 valence electrons. The Hall–Kier alpha value is -0.900. The third-order valence-electron chi connectivity index (χ3n) is 1.70. The molecule has 0 aromatic heterocycles. The van der Waals surface area contributed by atoms with E-state index in [1.54, 1.807) is 5.01 Å². The molecule has 0 unspecified atom stereocenters. The largest absolute Gasteiger partial charge is 0.375 e. The molecule has 1 rings (SSSR count). The number of nitrogens with two attached hydrogens (primary N) is 1. The van der Waals surface area contributed by atoms with Crippen LogP contribution in [0.2, 0.25) is 0 Å². The second-order valence-electron chi connectivity index (χ2n) is 3.02. The lowest BCUT2D eigenvalue weighted by atomic mass is 10.2. The van der Waals surface area contributed by atoms with Crippen molar-refractivity contribution in [2.75, 3.05) is 20.2 Å². The Balaban J connectivity index is 2.13. The predicted molar refractivity (Wildman–Crippen MR) is 52.9 cm³/mol. The highest BCUT2D eigenvalue weighted by atomic mass is 16.5. The molecule has 3 nitrogen and oxygen atoms in total. The Labute approximate surface area is 79.1 Å². The van der Waals surface area contributed by atoms with E-state index in [2.05, 4.69) is 0 Å². The summed E-state index contributed by atoms with van der Waals surface area (Å²) in [5, 5.41) is 1.62. The van der Waals surface area contributed by atoms with Gasteiger partial charge in [-0.1, -0.05) is 30.3 Å². The van der Waals surface area contributed by atoms with Gasteiger partial charge >= 0.3 is 0 Å². The van der Waals surface area contributed by atoms with Crippen molar-refractivity contribution in [2.45, 2.75) is 6.61 Å². The van der Waals surface area contributed by atoms with E-state index in [0.717, 1.165) is 6.54 Å². The molecule has 0 aliphatic rings. The van der Waals surface area contributed by atoms with Gasteiger partial charge in [0.2, 0.25) is 0 Å². The van der Waals surface area contributed by atoms with Crippen LogP contribution in [0.4, 0.5) is 0 Å². The Morgan fingerprint density at radius 3 is 2.62 bits per heavy atom. The van der Waals surface area contributed by atoms with E-state index in [4.69, 9.17) is 10.6 Å². The van der Waals surface area contributed by atoms with E-state index in [0.29, 0.717) is 13.2 Å². The maximum absolute atomic E-state index is 5.43. The molecule has 0 atom stereocenters. The maximum atomic E-state index is 5.43. The van der Waals surface area contributed by atoms with Crippen LogP contribution < -0.4 is 5.84 Å². The van der Waals surface area contributed by atoms with Gasteiger partial charge in [0, 0.05) is 13.6 Å². The molecule has 0 amide bonds. The Bertz CT molecular complexity index is 224. The first-order chi connectivity index (χ1) is 6.29. The highest BCUT2D eigenvalue weighted by Gasteiger charge is 1.92. The van der Waals surface area contributed by atoms with Crippen LogP contribution in [0.5, 0.6) is 0 Å². The molecule has 0 spiro atoms. The smallest absolute Gasteiger partial charge is 0.0717 e. The topological polar surface area (TPSA) is 38.5 Å². The quantitative estimate of drug-likeness (QED) is 0.417. The van der Waals surface area contributed by atoms with Crippen LogP contribution in [-0.4, -0.2) is 25.2 Å². The lowest BCUT2D eigenvalue weighted by Gasteiger charge is -2.09. The standard InChI is InChI=1S/C10H16N2O/c1-12(11)7-8-13-9-10-5-3-2-4-6-10/h2-6H,7-9,11H2,1H3. The van der Waals surface area contributed by atoms with Gasteiger partial charge in [-0.25, -0.2) is 5.01 Å². The molecule has 0 aliphatic carbocycles. The predicted octanol–water partition coefficient (Wildman–Crippen LogP) is 1.01. The molecule has 0 saturated carbocycles. The van der Waals surface area contributed by atoms with Crippen LogP contribution in [0.1, 0.15) is 5.56 Å². The van der Waals surface area contributed by atoms with Gasteiger partial charge in [0.15, 0.2) is 0 Å². The minimum atomic E-state index is 0.661. The van der Waals surface area contributed by atoms with Crippen LogP contribution in [0, 0.1) is 0 Å². The molecular weight excluding hydrogens is 164 g/mol. The van der Waals surface area contributed by atoms with Crippen LogP contribution in [0.25, 0.3) is 0 Å². The van der Waals surface area contributed by atoms with Crippen molar-refractivity contribution in [1.82, 2.24) is 5.01 Å². The van der Waals surface area contributed by atoms with Crippen LogP contribution in [-0.2, 0) is 11.3 Å². The van der Waals surface area contributed by atoms with Gasteiger partial charge in [-0.3, -0.25) is 5.84 Å². The fourth-order valence-electron chi connectivity index (χ4n) is 0.973. The minimum absolute atomic E-state index is 0.661. The number of benzene rings is 1. The van der Waals surface area contributed by atoms with E-state index >= 15 is 0 Å². The summed E-state index contributed by atoms with van der Waals surface area (Å²) in [5.41, 5.74) is 1.20. The van der Waals surface area contributed by atoms with Crippen LogP contribution in [0.15, 0.2) is 30.3 Å². The number of hydrazine groups is 1. The molecule has 0 radical (unpaired) electrons. The number of likely N-dealkylation sites (N-methyl/N-ethyl adjacent to an activating group) is 1. The van der Waals surface area contributed by atoms with E-state index in [1.807, 2.05) is 37.4 Å². The molecule has 0 aliphatic heterocycles. The fourth-order valence-corrected chi connectivity index (χ4v) is 0.973. The molecule has 1 aromatic rings. The molecule has 0 heterocycles. The number of hydrogen-bond donors (Lipinski definition) is 1. The monoisotopic (exact) mass is 180 g/mol. The van der Waals surface area contributed by atoms with Gasteiger partial charge < -0.3 is 4.74 Å². The van der Waals surface area contributed by atoms with Crippen LogP contribution >= 0.6 is 0 Å². The van der Waals surface area contributed by atoms with Crippen molar-refractivity contribution in [1.29, 1.82) is 0 Å². The normalized spacial score (nSPS) is 10.7. The zero-order valence-corrected chi connectivity index (χ0v) is 7.94. The van der Waals surface area contributed by atoms with E-state index in [9.17, 15) is 0 Å². The van der Waals surface area contributed by atoms with Crippen molar-refractivity contribution in [3.05, 3.63) is 35.9 Å². The Morgan fingerprint density at radius 1 is 1.31 bits per heavy atom. The zero-order chi connectivity index (χ0) is 9.52. The minimum Gasteiger partial charge on any atom is -0.375 e. The summed E-state index contributed by atoms with van der Waals surface area (Å²) < 4.78 is 5.41. The summed E-state index contributed by atoms with van der Waals surface area (Å²) in [6.07, 6.45) is 0. The van der Waals surface area contributed by atoms with E-state index < -0.39 is 0 Å². The highest BCUT2D eigenvalue weighted by Crippen LogP contribution is 1.99. The zero-order valence-electron chi connectivity index (χ0n) is 7.94. The molecule has 2 N–H and O–H groups in total. The fraction of sp³-hybridized carbons (Fsp3) is 0.400. The van der Waals surface area contributed by atoms with Gasteiger partial charge in [0.25, 0.3) is 0 Å². The second kappa shape index (κ2) is 5.70. The summed E-state index contributed by atoms with van der Waals surface area (Å²) in [6.45, 7) is 2.09. The molecular formula is C10H16N2O. The average Bonchev–Trinajstić information content (AvgIpc) is 2.14. The first kappa shape index (κ1) is 10.2. The van der Waals surface area contributed by atoms with Crippen molar-refractivity contribution in [2.24, 2.45) is 5.84 Å². The van der Waals surface area contributed by atoms with Crippen molar-refractivity contribution < 1.29 is 4.74 Å². The number of ether oxygens (including phenoxy) is 1. The number of rotatable bonds is 5. The Morgan fingerprint density at radius 2 is 2.00 bits per heavy atom. The van der Waals surface area contributed by atoms with Gasteiger partial charge in [-0.05, 0) is 5.56 Å². The number of hydrogen-bond acceptors (Lipinski definition) is 3. The third-order valence-corrected chi connectivity index (χ3v) is 1.70. The average molecular weight is 180 g/mol. The Kier molecular flexibility index (Phi) is 4.46. The second-order valence-corrected chi connectivity index (χ2v) is 3.02. The van der Waals surface area contributed by atoms with Crippen molar-refractivity contribution in [3.8, 4) is 0 Å². The molecule has 0 bridgehead atoms. The SMILES string of the molecule is CN(N)CCOCc1ccccc1. The summed E-state index contributed by atoms with van der Waals surface area (Å²) in [5.74, 6) is 5.43. The van der Waals surface area contributed by atoms with Crippen molar-refractivity contribution >= 4 is 0 Å². The molecule has 1 aromatic carbocycles. The maximum Gasteiger partial charge on any atom is 0.0717 e. The van der Waals surface area contributed by atoms with Gasteiger partial charge in [-0.2, -0.15) is 0 Å². The van der Waals surface area contributed by atoms with Crippen LogP contribution in [0.3, 0.4) is 0 Å². The first-order valence-electron chi connectivity index (χ1n) is 4.36. The molecule has 3 heteroatoms. The van der Waals surface area contributed by atoms with Gasteiger partial charge in [0.05, 0.1) is 13.2 Å². The lowest BCUT2D eigenvalue weighted by molar-refractivity contribution is 0.0999. The van der Waals surface area contributed by atoms with E-state index in [-0.39, 0.29) is 0 Å². The summed E-state index contributed by atoms with van der Waals surface area (Å²) in [6, 6.07) is 10.1. The lowest BCUT2D eigenvalue weighted by Crippen LogP contribution is -2.29. The molecule has 13 heavy (non-hydrogen) atoms. The molecule has 0 saturated heterocycles. The van der Waals surface area contributed by atoms with Gasteiger partial charge in [0.1, 0.15) is 0 Å².